The summed E-state index contributed by atoms with van der Waals surface area (Å²) in [7, 11) is 0. The van der Waals surface area contributed by atoms with Gasteiger partial charge in [-0.25, -0.2) is 15.0 Å². The highest BCUT2D eigenvalue weighted by Gasteiger charge is 2.24. The van der Waals surface area contributed by atoms with Crippen LogP contribution in [0.4, 0.5) is 0 Å². The van der Waals surface area contributed by atoms with Gasteiger partial charge in [-0.15, -0.1) is 11.3 Å². The van der Waals surface area contributed by atoms with Crippen molar-refractivity contribution in [3.8, 4) is 11.3 Å². The SMILES string of the molecule is CC(C)c1csc(C(=O)NC2CCCc3cc(-c4ncnc5[nH]ncc45)ccc32)n1. The Kier molecular flexibility index (Phi) is 4.78. The van der Waals surface area contributed by atoms with Crippen LogP contribution >= 0.6 is 11.3 Å². The number of thiazole rings is 1. The predicted octanol–water partition coefficient (Wildman–Crippen LogP) is 4.41. The number of carbonyl (C=O) groups is 1. The third-order valence-corrected chi connectivity index (χ3v) is 6.45. The van der Waals surface area contributed by atoms with Crippen molar-refractivity contribution in [1.82, 2.24) is 30.5 Å². The first-order valence-electron chi connectivity index (χ1n) is 10.1. The highest BCUT2D eigenvalue weighted by atomic mass is 32.1. The molecule has 3 heterocycles. The average Bonchev–Trinajstić information content (AvgIpc) is 3.43. The molecule has 0 saturated heterocycles. The molecule has 1 aliphatic carbocycles. The molecule has 2 N–H and O–H groups in total. The van der Waals surface area contributed by atoms with Crippen LogP contribution in [-0.4, -0.2) is 31.1 Å². The van der Waals surface area contributed by atoms with E-state index in [2.05, 4.69) is 62.5 Å². The Morgan fingerprint density at radius 2 is 2.20 bits per heavy atom. The molecule has 4 aromatic rings. The molecule has 152 valence electrons. The third-order valence-electron chi connectivity index (χ3n) is 5.59. The molecule has 1 unspecified atom stereocenters. The second-order valence-corrected chi connectivity index (χ2v) is 8.78. The number of nitrogens with one attached hydrogen (secondary N) is 2. The molecular formula is C22H22N6OS. The Balaban J connectivity index is 1.42. The minimum absolute atomic E-state index is 0.000966. The second-order valence-electron chi connectivity index (χ2n) is 7.92. The summed E-state index contributed by atoms with van der Waals surface area (Å²) in [5, 5.41) is 13.6. The van der Waals surface area contributed by atoms with Crippen molar-refractivity contribution < 1.29 is 4.79 Å². The van der Waals surface area contributed by atoms with Gasteiger partial charge in [-0.05, 0) is 42.4 Å². The largest absolute Gasteiger partial charge is 0.343 e. The molecule has 0 aliphatic heterocycles. The molecule has 5 rings (SSSR count). The van der Waals surface area contributed by atoms with E-state index in [1.165, 1.54) is 22.5 Å². The third kappa shape index (κ3) is 3.37. The van der Waals surface area contributed by atoms with E-state index < -0.39 is 0 Å². The number of aromatic nitrogens is 5. The summed E-state index contributed by atoms with van der Waals surface area (Å²) in [4.78, 5) is 26.0. The number of carbonyl (C=O) groups excluding carboxylic acids is 1. The summed E-state index contributed by atoms with van der Waals surface area (Å²) in [5.74, 6) is 0.227. The van der Waals surface area contributed by atoms with Gasteiger partial charge in [-0.3, -0.25) is 9.89 Å². The number of benzene rings is 1. The van der Waals surface area contributed by atoms with E-state index >= 15 is 0 Å². The fourth-order valence-corrected chi connectivity index (χ4v) is 4.86. The molecule has 7 nitrogen and oxygen atoms in total. The number of fused-ring (bicyclic) bond motifs is 2. The van der Waals surface area contributed by atoms with Crippen molar-refractivity contribution in [2.24, 2.45) is 0 Å². The van der Waals surface area contributed by atoms with Crippen molar-refractivity contribution >= 4 is 28.3 Å². The maximum absolute atomic E-state index is 12.8. The number of nitrogens with zero attached hydrogens (tertiary/aromatic N) is 4. The van der Waals surface area contributed by atoms with Gasteiger partial charge in [-0.2, -0.15) is 5.10 Å². The predicted molar refractivity (Wildman–Crippen MR) is 116 cm³/mol. The van der Waals surface area contributed by atoms with E-state index in [9.17, 15) is 4.79 Å². The van der Waals surface area contributed by atoms with E-state index in [1.54, 1.807) is 12.5 Å². The second kappa shape index (κ2) is 7.60. The van der Waals surface area contributed by atoms with Gasteiger partial charge in [0.2, 0.25) is 0 Å². The van der Waals surface area contributed by atoms with Crippen LogP contribution in [0.15, 0.2) is 36.1 Å². The fraction of sp³-hybridized carbons (Fsp3) is 0.318. The van der Waals surface area contributed by atoms with Gasteiger partial charge in [0.05, 0.1) is 29.0 Å². The summed E-state index contributed by atoms with van der Waals surface area (Å²) in [6.07, 6.45) is 6.26. The first kappa shape index (κ1) is 18.9. The zero-order chi connectivity index (χ0) is 20.7. The van der Waals surface area contributed by atoms with Crippen LogP contribution in [0.2, 0.25) is 0 Å². The summed E-state index contributed by atoms with van der Waals surface area (Å²) >= 11 is 1.41. The van der Waals surface area contributed by atoms with Crippen molar-refractivity contribution in [2.45, 2.75) is 45.1 Å². The summed E-state index contributed by atoms with van der Waals surface area (Å²) in [6, 6.07) is 6.37. The normalized spacial score (nSPS) is 16.0. The standard InChI is InChI=1S/C22H22N6OS/c1-12(2)18-10-30-22(27-18)21(29)26-17-5-3-4-13-8-14(6-7-15(13)17)19-16-9-25-28-20(16)24-11-23-19/h6-12,17H,3-5H2,1-2H3,(H,26,29)(H,23,24,25,28). The Labute approximate surface area is 178 Å². The minimum Gasteiger partial charge on any atom is -0.343 e. The van der Waals surface area contributed by atoms with Crippen LogP contribution in [0.1, 0.15) is 65.3 Å². The molecule has 3 aromatic heterocycles. The van der Waals surface area contributed by atoms with E-state index in [4.69, 9.17) is 0 Å². The highest BCUT2D eigenvalue weighted by Crippen LogP contribution is 2.34. The quantitative estimate of drug-likeness (QED) is 0.512. The van der Waals surface area contributed by atoms with Gasteiger partial charge >= 0.3 is 0 Å². The van der Waals surface area contributed by atoms with Crippen LogP contribution in [0.25, 0.3) is 22.3 Å². The Morgan fingerprint density at radius 1 is 1.30 bits per heavy atom. The maximum Gasteiger partial charge on any atom is 0.280 e. The zero-order valence-corrected chi connectivity index (χ0v) is 17.7. The van der Waals surface area contributed by atoms with Gasteiger partial charge in [-0.1, -0.05) is 26.0 Å². The smallest absolute Gasteiger partial charge is 0.280 e. The molecule has 30 heavy (non-hydrogen) atoms. The van der Waals surface area contributed by atoms with Gasteiger partial charge < -0.3 is 5.32 Å². The van der Waals surface area contributed by atoms with Crippen LogP contribution in [-0.2, 0) is 6.42 Å². The monoisotopic (exact) mass is 418 g/mol. The lowest BCUT2D eigenvalue weighted by Gasteiger charge is -2.26. The summed E-state index contributed by atoms with van der Waals surface area (Å²) < 4.78 is 0. The lowest BCUT2D eigenvalue weighted by atomic mass is 9.86. The molecule has 0 radical (unpaired) electrons. The van der Waals surface area contributed by atoms with E-state index in [0.29, 0.717) is 10.9 Å². The average molecular weight is 419 g/mol. The van der Waals surface area contributed by atoms with Crippen LogP contribution in [0.5, 0.6) is 0 Å². The van der Waals surface area contributed by atoms with Gasteiger partial charge in [0, 0.05) is 10.9 Å². The van der Waals surface area contributed by atoms with Crippen molar-refractivity contribution in [2.75, 3.05) is 0 Å². The number of aromatic amines is 1. The van der Waals surface area contributed by atoms with Gasteiger partial charge in [0.1, 0.15) is 6.33 Å². The van der Waals surface area contributed by atoms with Gasteiger partial charge in [0.25, 0.3) is 5.91 Å². The van der Waals surface area contributed by atoms with Crippen molar-refractivity contribution in [3.05, 3.63) is 57.9 Å². The number of H-pyrrole nitrogens is 1. The fourth-order valence-electron chi connectivity index (χ4n) is 3.98. The Morgan fingerprint density at radius 3 is 3.03 bits per heavy atom. The Bertz CT molecular complexity index is 1230. The molecule has 1 amide bonds. The topological polar surface area (TPSA) is 96.5 Å². The molecule has 0 spiro atoms. The summed E-state index contributed by atoms with van der Waals surface area (Å²) in [5.41, 5.74) is 6.03. The molecule has 1 aliphatic rings. The van der Waals surface area contributed by atoms with Crippen LogP contribution < -0.4 is 5.32 Å². The lowest BCUT2D eigenvalue weighted by Crippen LogP contribution is -2.31. The molecule has 1 atom stereocenters. The van der Waals surface area contributed by atoms with Crippen LogP contribution in [0.3, 0.4) is 0 Å². The zero-order valence-electron chi connectivity index (χ0n) is 16.8. The molecule has 0 saturated carbocycles. The first-order chi connectivity index (χ1) is 14.6. The number of aryl methyl sites for hydroxylation is 1. The van der Waals surface area contributed by atoms with Crippen LogP contribution in [0, 0.1) is 0 Å². The number of amides is 1. The Hall–Kier alpha value is -3.13. The van der Waals surface area contributed by atoms with E-state index in [-0.39, 0.29) is 11.9 Å². The molecule has 0 bridgehead atoms. The van der Waals surface area contributed by atoms with Gasteiger partial charge in [0.15, 0.2) is 10.7 Å². The lowest BCUT2D eigenvalue weighted by molar-refractivity contribution is 0.0932. The molecule has 1 aromatic carbocycles. The molecule has 0 fully saturated rings. The van der Waals surface area contributed by atoms with E-state index in [1.807, 2.05) is 5.38 Å². The highest BCUT2D eigenvalue weighted by molar-refractivity contribution is 7.11. The number of rotatable bonds is 4. The number of hydrogen-bond donors (Lipinski definition) is 2. The summed E-state index contributed by atoms with van der Waals surface area (Å²) in [6.45, 7) is 4.17. The van der Waals surface area contributed by atoms with Crippen molar-refractivity contribution in [3.63, 3.8) is 0 Å². The minimum atomic E-state index is -0.0928. The maximum atomic E-state index is 12.8. The van der Waals surface area contributed by atoms with E-state index in [0.717, 1.165) is 47.2 Å². The number of hydrogen-bond acceptors (Lipinski definition) is 6. The van der Waals surface area contributed by atoms with Crippen molar-refractivity contribution in [1.29, 1.82) is 0 Å². The molecule has 8 heteroatoms. The molecular weight excluding hydrogens is 396 g/mol. The first-order valence-corrected chi connectivity index (χ1v) is 11.0.